The van der Waals surface area contributed by atoms with Crippen molar-refractivity contribution in [1.82, 2.24) is 20.3 Å². The molecule has 0 fully saturated rings. The summed E-state index contributed by atoms with van der Waals surface area (Å²) in [7, 11) is 1.56. The summed E-state index contributed by atoms with van der Waals surface area (Å²) in [5.74, 6) is 0.360. The fourth-order valence-electron chi connectivity index (χ4n) is 2.36. The molecule has 1 atom stereocenters. The number of hydrogen-bond donors (Lipinski definition) is 2. The van der Waals surface area contributed by atoms with Crippen molar-refractivity contribution in [3.63, 3.8) is 0 Å². The molecule has 0 saturated heterocycles. The number of aromatic nitrogens is 3. The Morgan fingerprint density at radius 1 is 1.28 bits per heavy atom. The standard InChI is InChI=1S/C17H22N4O3S/c1-9-6-10(2)19-16(24-5)13(9)8-18-15(23)12(4)25-17-20-11(3)7-14(22)21-17/h6-7,12H,8H2,1-5H3,(H,18,23)(H,20,21,22). The Hall–Kier alpha value is -2.35. The van der Waals surface area contributed by atoms with Crippen molar-refractivity contribution < 1.29 is 9.53 Å². The van der Waals surface area contributed by atoms with Gasteiger partial charge in [-0.3, -0.25) is 9.59 Å². The second kappa shape index (κ2) is 8.15. The van der Waals surface area contributed by atoms with E-state index >= 15 is 0 Å². The van der Waals surface area contributed by atoms with Crippen LogP contribution in [-0.4, -0.2) is 33.2 Å². The van der Waals surface area contributed by atoms with Gasteiger partial charge in [-0.25, -0.2) is 9.97 Å². The van der Waals surface area contributed by atoms with Crippen molar-refractivity contribution in [2.45, 2.75) is 44.6 Å². The molecule has 8 heteroatoms. The fourth-order valence-corrected chi connectivity index (χ4v) is 3.24. The van der Waals surface area contributed by atoms with Crippen molar-refractivity contribution >= 4 is 17.7 Å². The van der Waals surface area contributed by atoms with Gasteiger partial charge in [-0.1, -0.05) is 11.8 Å². The van der Waals surface area contributed by atoms with Gasteiger partial charge in [0.25, 0.3) is 5.56 Å². The lowest BCUT2D eigenvalue weighted by atomic mass is 10.1. The molecule has 2 aromatic heterocycles. The van der Waals surface area contributed by atoms with Gasteiger partial charge < -0.3 is 15.0 Å². The smallest absolute Gasteiger partial charge is 0.251 e. The molecule has 0 saturated carbocycles. The summed E-state index contributed by atoms with van der Waals surface area (Å²) in [5.41, 5.74) is 3.11. The zero-order chi connectivity index (χ0) is 18.6. The van der Waals surface area contributed by atoms with Crippen LogP contribution < -0.4 is 15.6 Å². The van der Waals surface area contributed by atoms with Crippen LogP contribution in [0, 0.1) is 20.8 Å². The van der Waals surface area contributed by atoms with Gasteiger partial charge in [-0.15, -0.1) is 0 Å². The monoisotopic (exact) mass is 362 g/mol. The highest BCUT2D eigenvalue weighted by Crippen LogP contribution is 2.22. The number of methoxy groups -OCH3 is 1. The van der Waals surface area contributed by atoms with Gasteiger partial charge in [0.2, 0.25) is 11.8 Å². The summed E-state index contributed by atoms with van der Waals surface area (Å²) in [6.45, 7) is 7.68. The molecule has 25 heavy (non-hydrogen) atoms. The van der Waals surface area contributed by atoms with Gasteiger partial charge in [-0.2, -0.15) is 0 Å². The van der Waals surface area contributed by atoms with Crippen LogP contribution in [0.2, 0.25) is 0 Å². The van der Waals surface area contributed by atoms with E-state index < -0.39 is 5.25 Å². The number of aromatic amines is 1. The van der Waals surface area contributed by atoms with Crippen LogP contribution in [0.4, 0.5) is 0 Å². The van der Waals surface area contributed by atoms with Crippen LogP contribution in [0.25, 0.3) is 0 Å². The van der Waals surface area contributed by atoms with E-state index in [1.807, 2.05) is 19.9 Å². The minimum Gasteiger partial charge on any atom is -0.481 e. The summed E-state index contributed by atoms with van der Waals surface area (Å²) in [6.07, 6.45) is 0. The van der Waals surface area contributed by atoms with E-state index in [4.69, 9.17) is 4.74 Å². The number of H-pyrrole nitrogens is 1. The normalized spacial score (nSPS) is 11.9. The van der Waals surface area contributed by atoms with Gasteiger partial charge >= 0.3 is 0 Å². The summed E-state index contributed by atoms with van der Waals surface area (Å²) in [6, 6.07) is 3.36. The maximum atomic E-state index is 12.4. The molecule has 1 unspecified atom stereocenters. The van der Waals surface area contributed by atoms with Gasteiger partial charge in [0, 0.05) is 29.6 Å². The molecule has 0 aromatic carbocycles. The lowest BCUT2D eigenvalue weighted by molar-refractivity contribution is -0.120. The summed E-state index contributed by atoms with van der Waals surface area (Å²) in [4.78, 5) is 35.0. The molecular formula is C17H22N4O3S. The van der Waals surface area contributed by atoms with Crippen molar-refractivity contribution in [3.8, 4) is 5.88 Å². The SMILES string of the molecule is COc1nc(C)cc(C)c1CNC(=O)C(C)Sc1nc(C)cc(=O)[nH]1. The Morgan fingerprint density at radius 3 is 2.60 bits per heavy atom. The fraction of sp³-hybridized carbons (Fsp3) is 0.412. The number of carbonyl (C=O) groups is 1. The van der Waals surface area contributed by atoms with Gasteiger partial charge in [0.1, 0.15) is 0 Å². The van der Waals surface area contributed by atoms with Gasteiger partial charge in [0.05, 0.1) is 12.4 Å². The van der Waals surface area contributed by atoms with Crippen LogP contribution in [-0.2, 0) is 11.3 Å². The van der Waals surface area contributed by atoms with Crippen LogP contribution in [0.15, 0.2) is 22.1 Å². The first-order chi connectivity index (χ1) is 11.8. The first-order valence-corrected chi connectivity index (χ1v) is 8.71. The first kappa shape index (κ1) is 19.0. The number of hydrogen-bond acceptors (Lipinski definition) is 6. The van der Waals surface area contributed by atoms with Crippen LogP contribution >= 0.6 is 11.8 Å². The average molecular weight is 362 g/mol. The minimum absolute atomic E-state index is 0.156. The third-order valence-corrected chi connectivity index (χ3v) is 4.56. The average Bonchev–Trinajstić information content (AvgIpc) is 2.51. The number of thioether (sulfide) groups is 1. The molecule has 0 bridgehead atoms. The maximum Gasteiger partial charge on any atom is 0.251 e. The second-order valence-electron chi connectivity index (χ2n) is 5.74. The Balaban J connectivity index is 2.04. The van der Waals surface area contributed by atoms with E-state index in [2.05, 4.69) is 20.3 Å². The molecule has 0 aliphatic rings. The molecular weight excluding hydrogens is 340 g/mol. The van der Waals surface area contributed by atoms with E-state index in [1.165, 1.54) is 17.8 Å². The first-order valence-electron chi connectivity index (χ1n) is 7.83. The topological polar surface area (TPSA) is 97.0 Å². The quantitative estimate of drug-likeness (QED) is 0.602. The van der Waals surface area contributed by atoms with Gasteiger partial charge in [0.15, 0.2) is 5.16 Å². The number of nitrogens with zero attached hydrogens (tertiary/aromatic N) is 2. The Labute approximate surface area is 150 Å². The highest BCUT2D eigenvalue weighted by molar-refractivity contribution is 8.00. The van der Waals surface area contributed by atoms with Crippen molar-refractivity contribution in [3.05, 3.63) is 45.0 Å². The molecule has 0 aliphatic carbocycles. The van der Waals surface area contributed by atoms with Crippen molar-refractivity contribution in [1.29, 1.82) is 0 Å². The lowest BCUT2D eigenvalue weighted by Crippen LogP contribution is -2.31. The van der Waals surface area contributed by atoms with Gasteiger partial charge in [-0.05, 0) is 39.3 Å². The third kappa shape index (κ3) is 5.06. The minimum atomic E-state index is -0.408. The Bertz CT molecular complexity index is 835. The number of amides is 1. The van der Waals surface area contributed by atoms with E-state index in [-0.39, 0.29) is 11.5 Å². The summed E-state index contributed by atoms with van der Waals surface area (Å²) in [5, 5.41) is 2.91. The molecule has 2 rings (SSSR count). The molecule has 134 valence electrons. The lowest BCUT2D eigenvalue weighted by Gasteiger charge is -2.15. The van der Waals surface area contributed by atoms with E-state index in [1.54, 1.807) is 21.0 Å². The molecule has 2 N–H and O–H groups in total. The molecule has 1 amide bonds. The van der Waals surface area contributed by atoms with Crippen LogP contribution in [0.5, 0.6) is 5.88 Å². The number of rotatable bonds is 6. The van der Waals surface area contributed by atoms with E-state index in [9.17, 15) is 9.59 Å². The molecule has 0 radical (unpaired) electrons. The number of ether oxygens (including phenoxy) is 1. The Kier molecular flexibility index (Phi) is 6.19. The molecule has 7 nitrogen and oxygen atoms in total. The number of nitrogens with one attached hydrogen (secondary N) is 2. The maximum absolute atomic E-state index is 12.4. The highest BCUT2D eigenvalue weighted by atomic mass is 32.2. The predicted molar refractivity (Wildman–Crippen MR) is 97.0 cm³/mol. The number of aryl methyl sites for hydroxylation is 3. The van der Waals surface area contributed by atoms with E-state index in [0.717, 1.165) is 16.8 Å². The van der Waals surface area contributed by atoms with Crippen molar-refractivity contribution in [2.75, 3.05) is 7.11 Å². The third-order valence-electron chi connectivity index (χ3n) is 3.58. The zero-order valence-corrected chi connectivity index (χ0v) is 15.8. The summed E-state index contributed by atoms with van der Waals surface area (Å²) < 4.78 is 5.30. The van der Waals surface area contributed by atoms with Crippen LogP contribution in [0.3, 0.4) is 0 Å². The highest BCUT2D eigenvalue weighted by Gasteiger charge is 2.17. The molecule has 2 heterocycles. The Morgan fingerprint density at radius 2 is 1.96 bits per heavy atom. The van der Waals surface area contributed by atoms with Crippen LogP contribution in [0.1, 0.15) is 29.4 Å². The zero-order valence-electron chi connectivity index (χ0n) is 15.0. The van der Waals surface area contributed by atoms with E-state index in [0.29, 0.717) is 23.3 Å². The molecule has 0 spiro atoms. The molecule has 0 aliphatic heterocycles. The molecule has 2 aromatic rings. The summed E-state index contributed by atoms with van der Waals surface area (Å²) >= 11 is 1.21. The second-order valence-corrected chi connectivity index (χ2v) is 7.07. The predicted octanol–water partition coefficient (Wildman–Crippen LogP) is 1.90. The number of carbonyl (C=O) groups excluding carboxylic acids is 1. The largest absolute Gasteiger partial charge is 0.481 e. The number of pyridine rings is 1. The van der Waals surface area contributed by atoms with Crippen molar-refractivity contribution in [2.24, 2.45) is 0 Å².